The van der Waals surface area contributed by atoms with Crippen LogP contribution in [0.2, 0.25) is 5.02 Å². The van der Waals surface area contributed by atoms with Crippen molar-refractivity contribution in [3.8, 4) is 17.0 Å². The minimum absolute atomic E-state index is 0.0755. The Kier molecular flexibility index (Phi) is 6.56. The number of rotatable bonds is 7. The van der Waals surface area contributed by atoms with E-state index in [1.54, 1.807) is 19.1 Å². The normalized spacial score (nSPS) is 14.9. The van der Waals surface area contributed by atoms with Crippen molar-refractivity contribution in [1.82, 2.24) is 9.71 Å². The number of nitrogens with one attached hydrogen (secondary N) is 2. The van der Waals surface area contributed by atoms with Gasteiger partial charge in [0.1, 0.15) is 5.75 Å². The van der Waals surface area contributed by atoms with Crippen molar-refractivity contribution in [2.75, 3.05) is 7.11 Å². The van der Waals surface area contributed by atoms with Crippen molar-refractivity contribution >= 4 is 40.4 Å². The molecule has 1 fully saturated rings. The molecule has 0 atom stereocenters. The molecule has 30 heavy (non-hydrogen) atoms. The Hall–Kier alpha value is -2.15. The van der Waals surface area contributed by atoms with Crippen LogP contribution in [0.3, 0.4) is 0 Å². The summed E-state index contributed by atoms with van der Waals surface area (Å²) >= 11 is 8.03. The quantitative estimate of drug-likeness (QED) is 0.386. The summed E-state index contributed by atoms with van der Waals surface area (Å²) in [5.41, 5.74) is 3.34. The van der Waals surface area contributed by atoms with Gasteiger partial charge in [0.2, 0.25) is 0 Å². The first kappa shape index (κ1) is 21.1. The number of aromatic nitrogens is 1. The number of methoxy groups -OCH3 is 1. The standard InChI is InChI=1S/C23H25ClN2O3S/c1-29-16-8-10-20-17(12-16)18(13-22(27)28)23(25-20)14-7-9-19(24)21(11-14)30-26-15-5-3-2-4-6-15/h7-12,15,25-26H,2-6,13H2,1H3,(H,27,28). The zero-order valence-corrected chi connectivity index (χ0v) is 18.4. The number of benzene rings is 2. The first-order valence-electron chi connectivity index (χ1n) is 10.2. The minimum atomic E-state index is -0.873. The van der Waals surface area contributed by atoms with Crippen LogP contribution in [0.4, 0.5) is 0 Å². The van der Waals surface area contributed by atoms with Gasteiger partial charge in [-0.05, 0) is 66.2 Å². The van der Waals surface area contributed by atoms with E-state index in [4.69, 9.17) is 16.3 Å². The van der Waals surface area contributed by atoms with Crippen LogP contribution in [-0.4, -0.2) is 29.2 Å². The van der Waals surface area contributed by atoms with E-state index in [-0.39, 0.29) is 6.42 Å². The van der Waals surface area contributed by atoms with Crippen molar-refractivity contribution in [2.24, 2.45) is 0 Å². The van der Waals surface area contributed by atoms with Crippen molar-refractivity contribution in [1.29, 1.82) is 0 Å². The molecule has 0 aliphatic heterocycles. The highest BCUT2D eigenvalue weighted by Crippen LogP contribution is 2.36. The Balaban J connectivity index is 1.69. The molecular formula is C23H25ClN2O3S. The molecule has 3 aromatic rings. The van der Waals surface area contributed by atoms with Crippen LogP contribution in [0.25, 0.3) is 22.2 Å². The monoisotopic (exact) mass is 444 g/mol. The van der Waals surface area contributed by atoms with E-state index in [2.05, 4.69) is 9.71 Å². The molecule has 5 nitrogen and oxygen atoms in total. The van der Waals surface area contributed by atoms with Gasteiger partial charge >= 0.3 is 5.97 Å². The molecule has 7 heteroatoms. The van der Waals surface area contributed by atoms with Gasteiger partial charge in [0, 0.05) is 21.8 Å². The fourth-order valence-electron chi connectivity index (χ4n) is 4.04. The molecule has 1 aliphatic rings. The number of hydrogen-bond donors (Lipinski definition) is 3. The van der Waals surface area contributed by atoms with Crippen molar-refractivity contribution in [2.45, 2.75) is 49.5 Å². The smallest absolute Gasteiger partial charge is 0.307 e. The average molecular weight is 445 g/mol. The highest BCUT2D eigenvalue weighted by Gasteiger charge is 2.18. The number of carboxylic acids is 1. The van der Waals surface area contributed by atoms with Gasteiger partial charge in [0.15, 0.2) is 0 Å². The molecule has 3 N–H and O–H groups in total. The first-order chi connectivity index (χ1) is 14.5. The number of hydrogen-bond acceptors (Lipinski definition) is 4. The fraction of sp³-hybridized carbons (Fsp3) is 0.348. The summed E-state index contributed by atoms with van der Waals surface area (Å²) in [6.45, 7) is 0. The summed E-state index contributed by atoms with van der Waals surface area (Å²) in [5, 5.41) is 11.0. The predicted octanol–water partition coefficient (Wildman–Crippen LogP) is 6.05. The number of H-pyrrole nitrogens is 1. The number of carbonyl (C=O) groups is 1. The maximum Gasteiger partial charge on any atom is 0.307 e. The number of carboxylic acid groups (broad SMARTS) is 1. The topological polar surface area (TPSA) is 74.3 Å². The van der Waals surface area contributed by atoms with Crippen molar-refractivity contribution in [3.05, 3.63) is 47.0 Å². The molecule has 0 bridgehead atoms. The predicted molar refractivity (Wildman–Crippen MR) is 123 cm³/mol. The van der Waals surface area contributed by atoms with Gasteiger partial charge in [-0.3, -0.25) is 9.52 Å². The summed E-state index contributed by atoms with van der Waals surface area (Å²) in [6, 6.07) is 12.0. The van der Waals surface area contributed by atoms with Crippen LogP contribution in [0.15, 0.2) is 41.3 Å². The molecule has 0 amide bonds. The summed E-state index contributed by atoms with van der Waals surface area (Å²) in [5.74, 6) is -0.175. The number of ether oxygens (including phenoxy) is 1. The number of halogens is 1. The van der Waals surface area contributed by atoms with Crippen molar-refractivity contribution < 1.29 is 14.6 Å². The summed E-state index contributed by atoms with van der Waals surface area (Å²) < 4.78 is 8.89. The zero-order valence-electron chi connectivity index (χ0n) is 16.8. The number of aliphatic carboxylic acids is 1. The Morgan fingerprint density at radius 1 is 1.23 bits per heavy atom. The van der Waals surface area contributed by atoms with Gasteiger partial charge < -0.3 is 14.8 Å². The fourth-order valence-corrected chi connectivity index (χ4v) is 5.15. The van der Waals surface area contributed by atoms with Gasteiger partial charge in [-0.25, -0.2) is 0 Å². The second-order valence-electron chi connectivity index (χ2n) is 7.66. The lowest BCUT2D eigenvalue weighted by molar-refractivity contribution is -0.136. The van der Waals surface area contributed by atoms with Crippen LogP contribution in [0, 0.1) is 0 Å². The second kappa shape index (κ2) is 9.33. The summed E-state index contributed by atoms with van der Waals surface area (Å²) in [4.78, 5) is 15.9. The third kappa shape index (κ3) is 4.61. The lowest BCUT2D eigenvalue weighted by atomic mass is 9.96. The van der Waals surface area contributed by atoms with E-state index in [1.165, 1.54) is 32.1 Å². The van der Waals surface area contributed by atoms with E-state index in [9.17, 15) is 9.90 Å². The molecule has 1 saturated carbocycles. The van der Waals surface area contributed by atoms with E-state index < -0.39 is 5.97 Å². The maximum absolute atomic E-state index is 11.6. The lowest BCUT2D eigenvalue weighted by Crippen LogP contribution is -2.25. The Morgan fingerprint density at radius 2 is 2.03 bits per heavy atom. The van der Waals surface area contributed by atoms with E-state index in [1.807, 2.05) is 36.4 Å². The molecular weight excluding hydrogens is 420 g/mol. The molecule has 4 rings (SSSR count). The molecule has 0 spiro atoms. The highest BCUT2D eigenvalue weighted by atomic mass is 35.5. The molecule has 158 valence electrons. The lowest BCUT2D eigenvalue weighted by Gasteiger charge is -2.22. The molecule has 1 aliphatic carbocycles. The van der Waals surface area contributed by atoms with Gasteiger partial charge in [0.25, 0.3) is 0 Å². The first-order valence-corrected chi connectivity index (χ1v) is 11.4. The van der Waals surface area contributed by atoms with E-state index in [0.717, 1.165) is 32.6 Å². The van der Waals surface area contributed by atoms with E-state index >= 15 is 0 Å². The number of fused-ring (bicyclic) bond motifs is 1. The number of aromatic amines is 1. The maximum atomic E-state index is 11.6. The summed E-state index contributed by atoms with van der Waals surface area (Å²) in [6.07, 6.45) is 6.16. The second-order valence-corrected chi connectivity index (χ2v) is 8.95. The molecule has 0 unspecified atom stereocenters. The Morgan fingerprint density at radius 3 is 2.77 bits per heavy atom. The third-order valence-electron chi connectivity index (χ3n) is 5.60. The van der Waals surface area contributed by atoms with Gasteiger partial charge in [-0.2, -0.15) is 0 Å². The SMILES string of the molecule is COc1ccc2[nH]c(-c3ccc(Cl)c(SNC4CCCCC4)c3)c(CC(=O)O)c2c1. The summed E-state index contributed by atoms with van der Waals surface area (Å²) in [7, 11) is 1.60. The third-order valence-corrected chi connectivity index (χ3v) is 7.05. The Bertz CT molecular complexity index is 1060. The van der Waals surface area contributed by atoms with Gasteiger partial charge in [-0.1, -0.05) is 36.9 Å². The molecule has 1 aromatic heterocycles. The highest BCUT2D eigenvalue weighted by molar-refractivity contribution is 7.97. The Labute approximate surface area is 185 Å². The largest absolute Gasteiger partial charge is 0.497 e. The molecule has 1 heterocycles. The minimum Gasteiger partial charge on any atom is -0.497 e. The molecule has 0 radical (unpaired) electrons. The van der Waals surface area contributed by atoms with Crippen LogP contribution < -0.4 is 9.46 Å². The molecule has 0 saturated heterocycles. The van der Waals surface area contributed by atoms with Crippen molar-refractivity contribution in [3.63, 3.8) is 0 Å². The van der Waals surface area contributed by atoms with Gasteiger partial charge in [0.05, 0.1) is 24.2 Å². The van der Waals surface area contributed by atoms with Crippen LogP contribution >= 0.6 is 23.5 Å². The van der Waals surface area contributed by atoms with Gasteiger partial charge in [-0.15, -0.1) is 0 Å². The zero-order chi connectivity index (χ0) is 21.1. The van der Waals surface area contributed by atoms with E-state index in [0.29, 0.717) is 16.8 Å². The van der Waals surface area contributed by atoms with Crippen LogP contribution in [0.5, 0.6) is 5.75 Å². The van der Waals surface area contributed by atoms with Crippen LogP contribution in [0.1, 0.15) is 37.7 Å². The average Bonchev–Trinajstić information content (AvgIpc) is 3.11. The molecule has 2 aromatic carbocycles. The van der Waals surface area contributed by atoms with Crippen LogP contribution in [-0.2, 0) is 11.2 Å².